The average molecular weight is 529 g/mol. The van der Waals surface area contributed by atoms with Gasteiger partial charge in [-0.25, -0.2) is 8.42 Å². The number of pyridine rings is 1. The summed E-state index contributed by atoms with van der Waals surface area (Å²) in [4.78, 5) is 30.0. The third-order valence-corrected chi connectivity index (χ3v) is 7.62. The maximum absolute atomic E-state index is 13.2. The molecular weight excluding hydrogens is 500 g/mol. The highest BCUT2D eigenvalue weighted by Crippen LogP contribution is 2.23. The summed E-state index contributed by atoms with van der Waals surface area (Å²) in [5, 5.41) is 5.56. The van der Waals surface area contributed by atoms with Crippen LogP contribution >= 0.6 is 0 Å². The van der Waals surface area contributed by atoms with Crippen LogP contribution in [0.3, 0.4) is 0 Å². The zero-order valence-corrected chi connectivity index (χ0v) is 22.1. The van der Waals surface area contributed by atoms with Crippen molar-refractivity contribution in [1.82, 2.24) is 10.3 Å². The number of nitrogens with one attached hydrogen (secondary N) is 3. The normalized spacial score (nSPS) is 11.0. The van der Waals surface area contributed by atoms with Crippen molar-refractivity contribution in [3.05, 3.63) is 119 Å². The van der Waals surface area contributed by atoms with Crippen molar-refractivity contribution in [2.75, 3.05) is 10.0 Å². The van der Waals surface area contributed by atoms with Crippen molar-refractivity contribution in [1.29, 1.82) is 0 Å². The molecule has 0 atom stereocenters. The summed E-state index contributed by atoms with van der Waals surface area (Å²) in [7, 11) is -3.96. The number of benzene rings is 3. The van der Waals surface area contributed by atoms with Crippen LogP contribution < -0.4 is 15.4 Å². The summed E-state index contributed by atoms with van der Waals surface area (Å²) in [6.07, 6.45) is 3.31. The second kappa shape index (κ2) is 11.3. The van der Waals surface area contributed by atoms with E-state index in [1.807, 2.05) is 26.0 Å². The van der Waals surface area contributed by atoms with Crippen molar-refractivity contribution >= 4 is 33.2 Å². The molecule has 0 fully saturated rings. The minimum absolute atomic E-state index is 0.00845. The number of para-hydroxylation sites is 1. The summed E-state index contributed by atoms with van der Waals surface area (Å²) in [5.74, 6) is -0.908. The maximum atomic E-state index is 13.2. The molecule has 0 unspecified atom stereocenters. The van der Waals surface area contributed by atoms with Gasteiger partial charge in [0.05, 0.1) is 16.1 Å². The quantitative estimate of drug-likeness (QED) is 0.298. The van der Waals surface area contributed by atoms with Crippen LogP contribution in [0.5, 0.6) is 0 Å². The summed E-state index contributed by atoms with van der Waals surface area (Å²) in [5.41, 5.74) is 4.50. The Morgan fingerprint density at radius 2 is 1.58 bits per heavy atom. The van der Waals surface area contributed by atoms with E-state index in [0.29, 0.717) is 16.9 Å². The van der Waals surface area contributed by atoms with Crippen molar-refractivity contribution in [3.8, 4) is 0 Å². The molecule has 194 valence electrons. The van der Waals surface area contributed by atoms with Gasteiger partial charge in [-0.3, -0.25) is 19.3 Å². The fourth-order valence-electron chi connectivity index (χ4n) is 3.81. The molecule has 0 radical (unpaired) electrons. The number of sulfonamides is 1. The lowest BCUT2D eigenvalue weighted by atomic mass is 10.1. The molecule has 0 aliphatic rings. The van der Waals surface area contributed by atoms with Crippen molar-refractivity contribution in [2.45, 2.75) is 32.2 Å². The van der Waals surface area contributed by atoms with Crippen molar-refractivity contribution < 1.29 is 18.0 Å². The second-order valence-corrected chi connectivity index (χ2v) is 10.6. The maximum Gasteiger partial charge on any atom is 0.262 e. The van der Waals surface area contributed by atoms with E-state index in [9.17, 15) is 18.0 Å². The van der Waals surface area contributed by atoms with Crippen LogP contribution in [-0.4, -0.2) is 25.2 Å². The van der Waals surface area contributed by atoms with E-state index >= 15 is 0 Å². The number of aryl methyl sites for hydroxylation is 3. The summed E-state index contributed by atoms with van der Waals surface area (Å²) < 4.78 is 29.0. The molecule has 1 aromatic heterocycles. The number of carbonyl (C=O) groups excluding carboxylic acids is 2. The van der Waals surface area contributed by atoms with Gasteiger partial charge in [0.15, 0.2) is 0 Å². The van der Waals surface area contributed by atoms with E-state index in [1.165, 1.54) is 6.07 Å². The first-order valence-corrected chi connectivity index (χ1v) is 13.4. The molecule has 0 saturated carbocycles. The number of anilines is 2. The molecule has 4 aromatic rings. The van der Waals surface area contributed by atoms with Crippen LogP contribution in [0.25, 0.3) is 0 Å². The van der Waals surface area contributed by atoms with E-state index in [2.05, 4.69) is 20.3 Å². The van der Waals surface area contributed by atoms with Crippen LogP contribution in [-0.2, 0) is 16.6 Å². The van der Waals surface area contributed by atoms with Gasteiger partial charge in [-0.05, 0) is 85.5 Å². The minimum atomic E-state index is -3.96. The van der Waals surface area contributed by atoms with Crippen molar-refractivity contribution in [3.63, 3.8) is 0 Å². The molecule has 0 bridgehead atoms. The van der Waals surface area contributed by atoms with E-state index in [1.54, 1.807) is 73.9 Å². The molecule has 38 heavy (non-hydrogen) atoms. The average Bonchev–Trinajstić information content (AvgIpc) is 2.90. The van der Waals surface area contributed by atoms with Gasteiger partial charge in [-0.15, -0.1) is 0 Å². The molecule has 3 aromatic carbocycles. The van der Waals surface area contributed by atoms with E-state index in [0.717, 1.165) is 16.7 Å². The molecule has 3 N–H and O–H groups in total. The number of hydrogen-bond acceptors (Lipinski definition) is 5. The molecule has 1 heterocycles. The number of hydrogen-bond donors (Lipinski definition) is 3. The number of amides is 2. The number of carbonyl (C=O) groups is 2. The lowest BCUT2D eigenvalue weighted by Gasteiger charge is -2.14. The molecular formula is C29H28N4O4S. The fourth-order valence-corrected chi connectivity index (χ4v) is 5.13. The summed E-state index contributed by atoms with van der Waals surface area (Å²) in [6, 6.07) is 20.0. The third-order valence-electron chi connectivity index (χ3n) is 6.09. The molecule has 9 heteroatoms. The van der Waals surface area contributed by atoms with Crippen LogP contribution in [0.4, 0.5) is 11.4 Å². The SMILES string of the molecule is Cc1ccc(NS(=O)(=O)c2cc(C(=O)Nc3ccccc3C(=O)NCc3cccnc3)ccc2C)cc1C. The number of aromatic nitrogens is 1. The van der Waals surface area contributed by atoms with Gasteiger partial charge in [0, 0.05) is 30.2 Å². The summed E-state index contributed by atoms with van der Waals surface area (Å²) in [6.45, 7) is 5.79. The molecule has 4 rings (SSSR count). The highest BCUT2D eigenvalue weighted by molar-refractivity contribution is 7.92. The molecule has 0 saturated heterocycles. The Bertz CT molecular complexity index is 1600. The molecule has 0 aliphatic carbocycles. The number of rotatable bonds is 8. The van der Waals surface area contributed by atoms with Crippen LogP contribution in [0.1, 0.15) is 43.0 Å². The number of nitrogens with zero attached hydrogens (tertiary/aromatic N) is 1. The molecule has 8 nitrogen and oxygen atoms in total. The van der Waals surface area contributed by atoms with Gasteiger partial charge in [-0.2, -0.15) is 0 Å². The second-order valence-electron chi connectivity index (χ2n) is 8.93. The van der Waals surface area contributed by atoms with Crippen LogP contribution in [0.2, 0.25) is 0 Å². The predicted molar refractivity (Wildman–Crippen MR) is 148 cm³/mol. The monoisotopic (exact) mass is 528 g/mol. The smallest absolute Gasteiger partial charge is 0.262 e. The lowest BCUT2D eigenvalue weighted by Crippen LogP contribution is -2.25. The zero-order chi connectivity index (χ0) is 27.3. The fraction of sp³-hybridized carbons (Fsp3) is 0.138. The Labute approximate surface area is 222 Å². The highest BCUT2D eigenvalue weighted by atomic mass is 32.2. The lowest BCUT2D eigenvalue weighted by molar-refractivity contribution is 0.0951. The van der Waals surface area contributed by atoms with E-state index < -0.39 is 15.9 Å². The first-order chi connectivity index (χ1) is 18.1. The van der Waals surface area contributed by atoms with Crippen LogP contribution in [0, 0.1) is 20.8 Å². The standard InChI is InChI=1S/C29H28N4O4S/c1-19-11-13-24(15-21(19)3)33-38(36,37)27-16-23(12-10-20(27)2)28(34)32-26-9-5-4-8-25(26)29(35)31-18-22-7-6-14-30-17-22/h4-17,33H,18H2,1-3H3,(H,31,35)(H,32,34). The van der Waals surface area contributed by atoms with E-state index in [-0.39, 0.29) is 28.5 Å². The first kappa shape index (κ1) is 26.6. The summed E-state index contributed by atoms with van der Waals surface area (Å²) >= 11 is 0. The van der Waals surface area contributed by atoms with E-state index in [4.69, 9.17) is 0 Å². The largest absolute Gasteiger partial charge is 0.348 e. The van der Waals surface area contributed by atoms with Crippen molar-refractivity contribution in [2.24, 2.45) is 0 Å². The predicted octanol–water partition coefficient (Wildman–Crippen LogP) is 4.99. The highest BCUT2D eigenvalue weighted by Gasteiger charge is 2.21. The van der Waals surface area contributed by atoms with Gasteiger partial charge in [0.2, 0.25) is 0 Å². The van der Waals surface area contributed by atoms with Gasteiger partial charge in [-0.1, -0.05) is 30.3 Å². The van der Waals surface area contributed by atoms with Gasteiger partial charge in [0.1, 0.15) is 0 Å². The Kier molecular flexibility index (Phi) is 7.87. The molecule has 2 amide bonds. The molecule has 0 aliphatic heterocycles. The third kappa shape index (κ3) is 6.24. The van der Waals surface area contributed by atoms with Gasteiger partial charge < -0.3 is 10.6 Å². The minimum Gasteiger partial charge on any atom is -0.348 e. The van der Waals surface area contributed by atoms with Gasteiger partial charge >= 0.3 is 0 Å². The van der Waals surface area contributed by atoms with Gasteiger partial charge in [0.25, 0.3) is 21.8 Å². The topological polar surface area (TPSA) is 117 Å². The first-order valence-electron chi connectivity index (χ1n) is 11.9. The molecule has 0 spiro atoms. The van der Waals surface area contributed by atoms with Crippen LogP contribution in [0.15, 0.2) is 90.1 Å². The zero-order valence-electron chi connectivity index (χ0n) is 21.3. The Hall–Kier alpha value is -4.50. The Morgan fingerprint density at radius 3 is 2.32 bits per heavy atom. The Morgan fingerprint density at radius 1 is 0.816 bits per heavy atom. The Balaban J connectivity index is 1.53.